The number of fused-ring (bicyclic) bond motifs is 1. The highest BCUT2D eigenvalue weighted by Gasteiger charge is 2.29. The lowest BCUT2D eigenvalue weighted by Gasteiger charge is -2.32. The minimum absolute atomic E-state index is 0.0322. The number of nitrogens with zero attached hydrogens (tertiary/aromatic N) is 4. The maximum atomic E-state index is 13.4. The zero-order valence-corrected chi connectivity index (χ0v) is 20.4. The average molecular weight is 478 g/mol. The third kappa shape index (κ3) is 4.42. The Labute approximate surface area is 202 Å². The number of benzene rings is 2. The topological polar surface area (TPSA) is 63.1 Å². The van der Waals surface area contributed by atoms with Gasteiger partial charge in [-0.05, 0) is 63.4 Å². The summed E-state index contributed by atoms with van der Waals surface area (Å²) in [5.41, 5.74) is 4.75. The van der Waals surface area contributed by atoms with E-state index in [9.17, 15) is 9.18 Å². The summed E-state index contributed by atoms with van der Waals surface area (Å²) in [6.07, 6.45) is 1.81. The minimum atomic E-state index is -0.280. The number of halogens is 1. The molecule has 2 aromatic carbocycles. The van der Waals surface area contributed by atoms with E-state index >= 15 is 0 Å². The van der Waals surface area contributed by atoms with Crippen LogP contribution in [0.25, 0.3) is 16.0 Å². The molecular formula is C26H28FN5OS. The molecule has 1 amide bonds. The van der Waals surface area contributed by atoms with Gasteiger partial charge in [-0.2, -0.15) is 10.1 Å². The van der Waals surface area contributed by atoms with E-state index in [-0.39, 0.29) is 23.7 Å². The molecule has 2 atom stereocenters. The van der Waals surface area contributed by atoms with Crippen molar-refractivity contribution in [2.75, 3.05) is 18.0 Å². The summed E-state index contributed by atoms with van der Waals surface area (Å²) in [5.74, 6) is -0.270. The number of anilines is 1. The highest BCUT2D eigenvalue weighted by molar-refractivity contribution is 7.22. The molecule has 1 aliphatic heterocycles. The Morgan fingerprint density at radius 3 is 2.62 bits per heavy atom. The molecule has 0 spiro atoms. The SMILES string of the molecule is Cc1ccc([C@H](C)NC(=O)[C@@H]2CCCN(c3nc4c(s3)c(C)nn4-c3ccc(F)cc3)C2)cc1. The van der Waals surface area contributed by atoms with E-state index in [1.165, 1.54) is 17.7 Å². The molecule has 0 bridgehead atoms. The van der Waals surface area contributed by atoms with Gasteiger partial charge in [-0.15, -0.1) is 0 Å². The van der Waals surface area contributed by atoms with Gasteiger partial charge in [-0.1, -0.05) is 41.2 Å². The number of hydrogen-bond donors (Lipinski definition) is 1. The van der Waals surface area contributed by atoms with Gasteiger partial charge < -0.3 is 10.2 Å². The summed E-state index contributed by atoms with van der Waals surface area (Å²) in [6.45, 7) is 7.57. The lowest BCUT2D eigenvalue weighted by Crippen LogP contribution is -2.43. The summed E-state index contributed by atoms with van der Waals surface area (Å²) in [5, 5.41) is 8.70. The predicted octanol–water partition coefficient (Wildman–Crippen LogP) is 5.33. The molecule has 4 aromatic rings. The molecule has 1 fully saturated rings. The van der Waals surface area contributed by atoms with Gasteiger partial charge >= 0.3 is 0 Å². The molecule has 5 rings (SSSR count). The van der Waals surface area contributed by atoms with Crippen molar-refractivity contribution in [1.82, 2.24) is 20.1 Å². The number of piperidine rings is 1. The third-order valence-corrected chi connectivity index (χ3v) is 7.66. The molecule has 0 saturated carbocycles. The van der Waals surface area contributed by atoms with Gasteiger partial charge in [0.2, 0.25) is 5.91 Å². The number of carbonyl (C=O) groups excluding carboxylic acids is 1. The van der Waals surface area contributed by atoms with Crippen LogP contribution in [0.3, 0.4) is 0 Å². The van der Waals surface area contributed by atoms with Crippen molar-refractivity contribution >= 4 is 32.7 Å². The van der Waals surface area contributed by atoms with E-state index in [1.54, 1.807) is 28.2 Å². The summed E-state index contributed by atoms with van der Waals surface area (Å²) >= 11 is 1.60. The van der Waals surface area contributed by atoms with Crippen molar-refractivity contribution < 1.29 is 9.18 Å². The van der Waals surface area contributed by atoms with E-state index in [0.717, 1.165) is 51.8 Å². The number of hydrogen-bond acceptors (Lipinski definition) is 5. The zero-order valence-electron chi connectivity index (χ0n) is 19.6. The van der Waals surface area contributed by atoms with Gasteiger partial charge in [0.25, 0.3) is 0 Å². The van der Waals surface area contributed by atoms with E-state index < -0.39 is 0 Å². The van der Waals surface area contributed by atoms with Crippen LogP contribution in [0.2, 0.25) is 0 Å². The van der Waals surface area contributed by atoms with Gasteiger partial charge in [0.15, 0.2) is 10.8 Å². The normalized spacial score (nSPS) is 17.2. The van der Waals surface area contributed by atoms with Gasteiger partial charge in [-0.25, -0.2) is 9.07 Å². The Bertz CT molecular complexity index is 1310. The number of rotatable bonds is 5. The van der Waals surface area contributed by atoms with Crippen LogP contribution < -0.4 is 10.2 Å². The molecule has 34 heavy (non-hydrogen) atoms. The first-order valence-corrected chi connectivity index (χ1v) is 12.4. The van der Waals surface area contributed by atoms with Crippen molar-refractivity contribution in [3.8, 4) is 5.69 Å². The number of carbonyl (C=O) groups is 1. The summed E-state index contributed by atoms with van der Waals surface area (Å²) < 4.78 is 16.2. The summed E-state index contributed by atoms with van der Waals surface area (Å²) in [7, 11) is 0. The van der Waals surface area contributed by atoms with Crippen LogP contribution in [0.15, 0.2) is 48.5 Å². The van der Waals surface area contributed by atoms with Gasteiger partial charge in [0, 0.05) is 13.1 Å². The van der Waals surface area contributed by atoms with Crippen LogP contribution in [0.4, 0.5) is 9.52 Å². The van der Waals surface area contributed by atoms with Gasteiger partial charge in [0.05, 0.1) is 28.0 Å². The van der Waals surface area contributed by atoms with Crippen LogP contribution in [-0.4, -0.2) is 33.8 Å². The van der Waals surface area contributed by atoms with Gasteiger partial charge in [0.1, 0.15) is 5.82 Å². The number of thiazole rings is 1. The molecule has 1 N–H and O–H groups in total. The molecule has 176 valence electrons. The molecule has 3 heterocycles. The molecule has 0 aliphatic carbocycles. The molecule has 1 saturated heterocycles. The fourth-order valence-corrected chi connectivity index (χ4v) is 5.48. The molecule has 1 aliphatic rings. The molecule has 2 aromatic heterocycles. The molecule has 6 nitrogen and oxygen atoms in total. The van der Waals surface area contributed by atoms with E-state index in [4.69, 9.17) is 4.98 Å². The summed E-state index contributed by atoms with van der Waals surface area (Å²) in [6, 6.07) is 14.5. The summed E-state index contributed by atoms with van der Waals surface area (Å²) in [4.78, 5) is 20.2. The van der Waals surface area contributed by atoms with Gasteiger partial charge in [-0.3, -0.25) is 4.79 Å². The standard InChI is InChI=1S/C26H28FN5OS/c1-16-6-8-19(9-7-16)17(2)28-25(33)20-5-4-14-31(15-20)26-29-24-23(34-26)18(3)30-32(24)22-12-10-21(27)11-13-22/h6-13,17,20H,4-5,14-15H2,1-3H3,(H,28,33)/t17-,20+/m0/s1. The third-order valence-electron chi connectivity index (χ3n) is 6.45. The molecular weight excluding hydrogens is 449 g/mol. The number of aromatic nitrogens is 3. The highest BCUT2D eigenvalue weighted by Crippen LogP contribution is 2.34. The first-order valence-electron chi connectivity index (χ1n) is 11.6. The minimum Gasteiger partial charge on any atom is -0.349 e. The van der Waals surface area contributed by atoms with Crippen molar-refractivity contribution in [2.45, 2.75) is 39.7 Å². The number of amides is 1. The first-order chi connectivity index (χ1) is 16.4. The average Bonchev–Trinajstić information content (AvgIpc) is 3.41. The van der Waals surface area contributed by atoms with Crippen LogP contribution in [-0.2, 0) is 4.79 Å². The smallest absolute Gasteiger partial charge is 0.225 e. The molecule has 0 unspecified atom stereocenters. The second-order valence-electron chi connectivity index (χ2n) is 9.05. The molecule has 0 radical (unpaired) electrons. The first kappa shape index (κ1) is 22.5. The predicted molar refractivity (Wildman–Crippen MR) is 134 cm³/mol. The largest absolute Gasteiger partial charge is 0.349 e. The van der Waals surface area contributed by atoms with E-state index in [0.29, 0.717) is 6.54 Å². The van der Waals surface area contributed by atoms with E-state index in [1.807, 2.05) is 13.8 Å². The fraction of sp³-hybridized carbons (Fsp3) is 0.346. The van der Waals surface area contributed by atoms with Crippen molar-refractivity contribution in [3.63, 3.8) is 0 Å². The van der Waals surface area contributed by atoms with Crippen LogP contribution in [0.5, 0.6) is 0 Å². The maximum absolute atomic E-state index is 13.4. The highest BCUT2D eigenvalue weighted by atomic mass is 32.1. The van der Waals surface area contributed by atoms with Crippen LogP contribution >= 0.6 is 11.3 Å². The van der Waals surface area contributed by atoms with Crippen molar-refractivity contribution in [1.29, 1.82) is 0 Å². The second-order valence-corrected chi connectivity index (χ2v) is 10.0. The molecule has 8 heteroatoms. The second kappa shape index (κ2) is 9.18. The van der Waals surface area contributed by atoms with Crippen LogP contribution in [0, 0.1) is 25.6 Å². The Balaban J connectivity index is 1.32. The Hall–Kier alpha value is -3.26. The zero-order chi connectivity index (χ0) is 23.8. The lowest BCUT2D eigenvalue weighted by atomic mass is 9.96. The van der Waals surface area contributed by atoms with Crippen LogP contribution in [0.1, 0.15) is 42.6 Å². The fourth-order valence-electron chi connectivity index (χ4n) is 4.46. The lowest BCUT2D eigenvalue weighted by molar-refractivity contribution is -0.125. The monoisotopic (exact) mass is 477 g/mol. The maximum Gasteiger partial charge on any atom is 0.225 e. The van der Waals surface area contributed by atoms with E-state index in [2.05, 4.69) is 46.5 Å². The number of aryl methyl sites for hydroxylation is 2. The Morgan fingerprint density at radius 1 is 1.15 bits per heavy atom. The van der Waals surface area contributed by atoms with Crippen molar-refractivity contribution in [2.24, 2.45) is 5.92 Å². The quantitative estimate of drug-likeness (QED) is 0.422. The number of nitrogens with one attached hydrogen (secondary N) is 1. The Kier molecular flexibility index (Phi) is 6.08. The Morgan fingerprint density at radius 2 is 1.88 bits per heavy atom. The van der Waals surface area contributed by atoms with Crippen molar-refractivity contribution in [3.05, 3.63) is 71.2 Å².